The van der Waals surface area contributed by atoms with E-state index in [0.29, 0.717) is 0 Å². The standard InChI is InChI=1S/2C2H4O2.3CH3.V/c2*1-2(3)4;;;;/h2*1H3,(H,3,4);3*1H3;/q;;;;;+2/p-2. The van der Waals surface area contributed by atoms with E-state index in [0.717, 1.165) is 13.8 Å². The minimum absolute atomic E-state index is 0.188. The Hall–Kier alpha value is -0.476. The van der Waals surface area contributed by atoms with E-state index < -0.39 is 11.9 Å². The van der Waals surface area contributed by atoms with Crippen LogP contribution in [0.15, 0.2) is 0 Å². The summed E-state index contributed by atoms with van der Waals surface area (Å²) in [5.74, 6) is -2.17. The number of carboxylic acid groups (broad SMARTS) is 2. The van der Waals surface area contributed by atoms with Gasteiger partial charge in [0.2, 0.25) is 0 Å². The minimum atomic E-state index is -1.08. The molecule has 0 fully saturated rings. The topological polar surface area (TPSA) is 80.3 Å². The van der Waals surface area contributed by atoms with E-state index in [2.05, 4.69) is 16.9 Å². The van der Waals surface area contributed by atoms with E-state index in [1.165, 1.54) is 0 Å². The maximum atomic E-state index is 8.89. The average Bonchev–Trinajstić information content (AvgIpc) is 1.54. The molecule has 0 radical (unpaired) electrons. The van der Waals surface area contributed by atoms with Gasteiger partial charge in [0.25, 0.3) is 0 Å². The second-order valence-corrected chi connectivity index (χ2v) is 6.51. The molecule has 4 nitrogen and oxygen atoms in total. The van der Waals surface area contributed by atoms with Crippen molar-refractivity contribution in [3.8, 4) is 0 Å². The molecule has 0 heterocycles. The molecule has 0 bridgehead atoms. The van der Waals surface area contributed by atoms with Gasteiger partial charge in [0, 0.05) is 11.9 Å². The van der Waals surface area contributed by atoms with Crippen LogP contribution in [0.2, 0.25) is 16.9 Å². The van der Waals surface area contributed by atoms with Crippen molar-refractivity contribution >= 4 is 11.9 Å². The first-order valence-corrected chi connectivity index (χ1v) is 7.35. The monoisotopic (exact) mass is 214 g/mol. The normalized spacial score (nSPS) is 6.42. The molecule has 0 aromatic carbocycles. The molecule has 0 rings (SSSR count). The molecule has 0 aliphatic heterocycles. The molecule has 0 spiro atoms. The van der Waals surface area contributed by atoms with Gasteiger partial charge in [-0.15, -0.1) is 0 Å². The predicted molar refractivity (Wildman–Crippen MR) is 39.0 cm³/mol. The van der Waals surface area contributed by atoms with Crippen molar-refractivity contribution < 1.29 is 35.0 Å². The first-order valence-electron chi connectivity index (χ1n) is 3.16. The number of hydrogen-bond acceptors (Lipinski definition) is 4. The van der Waals surface area contributed by atoms with E-state index in [9.17, 15) is 0 Å². The quantitative estimate of drug-likeness (QED) is 0.532. The van der Waals surface area contributed by atoms with Crippen LogP contribution < -0.4 is 10.2 Å². The summed E-state index contributed by atoms with van der Waals surface area (Å²) in [6.45, 7) is 1.94. The molecule has 0 unspecified atom stereocenters. The van der Waals surface area contributed by atoms with Crippen LogP contribution >= 0.6 is 0 Å². The van der Waals surface area contributed by atoms with Gasteiger partial charge < -0.3 is 19.8 Å². The van der Waals surface area contributed by atoms with Crippen molar-refractivity contribution in [2.75, 3.05) is 0 Å². The van der Waals surface area contributed by atoms with Crippen LogP contribution in [0.4, 0.5) is 0 Å². The number of aliphatic carboxylic acids is 2. The molecule has 0 atom stereocenters. The number of hydrogen-bond donors (Lipinski definition) is 0. The third-order valence-electron chi connectivity index (χ3n) is 0. The Labute approximate surface area is 78.1 Å². The summed E-state index contributed by atoms with van der Waals surface area (Å²) in [7, 11) is 0. The zero-order valence-electron chi connectivity index (χ0n) is 8.08. The molecule has 0 aromatic heterocycles. The maximum absolute atomic E-state index is 8.89. The van der Waals surface area contributed by atoms with Gasteiger partial charge in [0.1, 0.15) is 0 Å². The van der Waals surface area contributed by atoms with E-state index in [-0.39, 0.29) is 15.2 Å². The predicted octanol–water partition coefficient (Wildman–Crippen LogP) is -0.739. The second-order valence-electron chi connectivity index (χ2n) is 2.32. The molecular weight excluding hydrogens is 199 g/mol. The molecule has 12 heavy (non-hydrogen) atoms. The van der Waals surface area contributed by atoms with Crippen LogP contribution in [-0.2, 0) is 24.8 Å². The molecule has 0 aliphatic carbocycles. The Balaban J connectivity index is -0.000000101. The summed E-state index contributed by atoms with van der Waals surface area (Å²) in [6, 6.07) is 0. The third kappa shape index (κ3) is 3060. The van der Waals surface area contributed by atoms with E-state index >= 15 is 0 Å². The number of rotatable bonds is 0. The summed E-state index contributed by atoms with van der Waals surface area (Å²) in [4.78, 5) is 17.8. The molecular formula is C7H15O4V. The molecule has 5 heteroatoms. The fraction of sp³-hybridized carbons (Fsp3) is 0.714. The van der Waals surface area contributed by atoms with Crippen LogP contribution in [0.25, 0.3) is 0 Å². The fourth-order valence-electron chi connectivity index (χ4n) is 0. The first kappa shape index (κ1) is 17.6. The summed E-state index contributed by atoms with van der Waals surface area (Å²) < 4.78 is 0. The molecule has 0 amide bonds. The van der Waals surface area contributed by atoms with Crippen LogP contribution in [0.3, 0.4) is 0 Å². The molecule has 0 saturated carbocycles. The number of carbonyl (C=O) groups excluding carboxylic acids is 2. The van der Waals surface area contributed by atoms with Gasteiger partial charge in [-0.3, -0.25) is 0 Å². The van der Waals surface area contributed by atoms with Crippen LogP contribution in [0.1, 0.15) is 13.8 Å². The van der Waals surface area contributed by atoms with Crippen molar-refractivity contribution in [1.82, 2.24) is 0 Å². The molecule has 0 N–H and O–H groups in total. The number of carboxylic acids is 2. The average molecular weight is 214 g/mol. The number of carbonyl (C=O) groups is 2. The van der Waals surface area contributed by atoms with E-state index in [4.69, 9.17) is 19.8 Å². The van der Waals surface area contributed by atoms with Gasteiger partial charge in [-0.2, -0.15) is 0 Å². The van der Waals surface area contributed by atoms with Crippen molar-refractivity contribution in [3.05, 3.63) is 0 Å². The fourth-order valence-corrected chi connectivity index (χ4v) is 0. The van der Waals surface area contributed by atoms with Crippen molar-refractivity contribution in [1.29, 1.82) is 0 Å². The van der Waals surface area contributed by atoms with Gasteiger partial charge >= 0.3 is 32.1 Å². The summed E-state index contributed by atoms with van der Waals surface area (Å²) in [6.07, 6.45) is 0. The Kier molecular flexibility index (Phi) is 19.2. The van der Waals surface area contributed by atoms with Gasteiger partial charge in [-0.1, -0.05) is 0 Å². The van der Waals surface area contributed by atoms with Gasteiger partial charge in [0.05, 0.1) is 0 Å². The van der Waals surface area contributed by atoms with Crippen molar-refractivity contribution in [2.24, 2.45) is 0 Å². The Morgan fingerprint density at radius 1 is 0.917 bits per heavy atom. The van der Waals surface area contributed by atoms with Gasteiger partial charge in [-0.25, -0.2) is 0 Å². The Bertz CT molecular complexity index is 99.8. The van der Waals surface area contributed by atoms with E-state index in [1.54, 1.807) is 0 Å². The molecule has 72 valence electrons. The van der Waals surface area contributed by atoms with Crippen LogP contribution in [0, 0.1) is 0 Å². The van der Waals surface area contributed by atoms with Gasteiger partial charge in [0.15, 0.2) is 0 Å². The molecule has 0 aromatic rings. The zero-order chi connectivity index (χ0) is 10.7. The Morgan fingerprint density at radius 2 is 0.917 bits per heavy atom. The first-order chi connectivity index (χ1) is 5.20. The molecule has 0 saturated heterocycles. The SMILES string of the molecule is CC(=O)[O-].CC(=O)[O-].[CH3][V+2]([CH3])[CH3]. The van der Waals surface area contributed by atoms with Crippen molar-refractivity contribution in [2.45, 2.75) is 30.8 Å². The zero-order valence-corrected chi connectivity index (χ0v) is 9.48. The Morgan fingerprint density at radius 3 is 0.917 bits per heavy atom. The van der Waals surface area contributed by atoms with Crippen LogP contribution in [-0.4, -0.2) is 11.9 Å². The summed E-state index contributed by atoms with van der Waals surface area (Å²) in [5.41, 5.74) is 6.94. The summed E-state index contributed by atoms with van der Waals surface area (Å²) in [5, 5.41) is 17.8. The second kappa shape index (κ2) is 13.1. The van der Waals surface area contributed by atoms with Crippen LogP contribution in [0.5, 0.6) is 0 Å². The third-order valence-corrected chi connectivity index (χ3v) is 0. The summed E-state index contributed by atoms with van der Waals surface area (Å²) >= 11 is -0.188. The van der Waals surface area contributed by atoms with E-state index in [1.807, 2.05) is 0 Å². The van der Waals surface area contributed by atoms with Gasteiger partial charge in [-0.05, 0) is 13.8 Å². The molecule has 0 aliphatic rings. The van der Waals surface area contributed by atoms with Crippen molar-refractivity contribution in [3.63, 3.8) is 0 Å².